The standard InChI is InChI=1S/C18H19N5O2/c1-10-7-11(2)23-18(19-10)20-15(22-23)9-16(25)21-17-13-6-4-3-5-12(13)8-14(17)24/h3-7,14,17,24H,8-9H2,1-2H3,(H,21,25). The Morgan fingerprint density at radius 3 is 2.96 bits per heavy atom. The van der Waals surface area contributed by atoms with Crippen LogP contribution in [0.1, 0.15) is 34.4 Å². The summed E-state index contributed by atoms with van der Waals surface area (Å²) in [7, 11) is 0. The molecule has 2 heterocycles. The van der Waals surface area contributed by atoms with E-state index in [0.29, 0.717) is 18.0 Å². The molecule has 7 heteroatoms. The molecule has 0 saturated heterocycles. The van der Waals surface area contributed by atoms with Gasteiger partial charge in [-0.1, -0.05) is 24.3 Å². The van der Waals surface area contributed by atoms with E-state index in [2.05, 4.69) is 20.4 Å². The van der Waals surface area contributed by atoms with Crippen molar-refractivity contribution < 1.29 is 9.90 Å². The molecule has 7 nitrogen and oxygen atoms in total. The summed E-state index contributed by atoms with van der Waals surface area (Å²) in [6.07, 6.45) is -0.00876. The van der Waals surface area contributed by atoms with Crippen molar-refractivity contribution in [3.8, 4) is 0 Å². The molecular weight excluding hydrogens is 318 g/mol. The maximum atomic E-state index is 12.4. The maximum Gasteiger partial charge on any atom is 0.252 e. The lowest BCUT2D eigenvalue weighted by Crippen LogP contribution is -2.35. The number of carbonyl (C=O) groups excluding carboxylic acids is 1. The number of carbonyl (C=O) groups is 1. The van der Waals surface area contributed by atoms with Gasteiger partial charge in [0.1, 0.15) is 0 Å². The van der Waals surface area contributed by atoms with Crippen molar-refractivity contribution in [3.63, 3.8) is 0 Å². The Hall–Kier alpha value is -2.80. The molecule has 0 fully saturated rings. The van der Waals surface area contributed by atoms with Crippen LogP contribution in [-0.2, 0) is 17.6 Å². The fourth-order valence-corrected chi connectivity index (χ4v) is 3.40. The van der Waals surface area contributed by atoms with Gasteiger partial charge in [0.15, 0.2) is 5.82 Å². The fraction of sp³-hybridized carbons (Fsp3) is 0.333. The van der Waals surface area contributed by atoms with Crippen LogP contribution in [0, 0.1) is 13.8 Å². The van der Waals surface area contributed by atoms with Crippen molar-refractivity contribution in [2.24, 2.45) is 0 Å². The highest BCUT2D eigenvalue weighted by Gasteiger charge is 2.32. The first-order valence-corrected chi connectivity index (χ1v) is 8.26. The number of benzene rings is 1. The molecule has 1 aliphatic carbocycles. The average Bonchev–Trinajstić information content (AvgIpc) is 3.09. The van der Waals surface area contributed by atoms with Crippen molar-refractivity contribution in [2.75, 3.05) is 0 Å². The number of fused-ring (bicyclic) bond motifs is 2. The topological polar surface area (TPSA) is 92.4 Å². The summed E-state index contributed by atoms with van der Waals surface area (Å²) in [6.45, 7) is 3.82. The van der Waals surface area contributed by atoms with E-state index in [1.807, 2.05) is 44.2 Å². The second-order valence-electron chi connectivity index (χ2n) is 6.47. The number of nitrogens with one attached hydrogen (secondary N) is 1. The molecule has 0 radical (unpaired) electrons. The predicted octanol–water partition coefficient (Wildman–Crippen LogP) is 1.06. The molecule has 2 N–H and O–H groups in total. The third-order valence-corrected chi connectivity index (χ3v) is 4.50. The number of aryl methyl sites for hydroxylation is 2. The Bertz CT molecular complexity index is 965. The third-order valence-electron chi connectivity index (χ3n) is 4.50. The highest BCUT2D eigenvalue weighted by Crippen LogP contribution is 2.31. The molecule has 4 rings (SSSR count). The smallest absolute Gasteiger partial charge is 0.252 e. The number of nitrogens with zero attached hydrogens (tertiary/aromatic N) is 4. The Kier molecular flexibility index (Phi) is 3.73. The minimum atomic E-state index is -0.609. The highest BCUT2D eigenvalue weighted by molar-refractivity contribution is 5.78. The van der Waals surface area contributed by atoms with Gasteiger partial charge >= 0.3 is 0 Å². The van der Waals surface area contributed by atoms with Crippen LogP contribution in [0.15, 0.2) is 30.3 Å². The van der Waals surface area contributed by atoms with Gasteiger partial charge in [-0.25, -0.2) is 9.50 Å². The van der Waals surface area contributed by atoms with Crippen molar-refractivity contribution in [1.82, 2.24) is 24.9 Å². The molecule has 0 bridgehead atoms. The van der Waals surface area contributed by atoms with Crippen molar-refractivity contribution in [1.29, 1.82) is 0 Å². The van der Waals surface area contributed by atoms with Gasteiger partial charge in [0.2, 0.25) is 5.91 Å². The molecule has 3 aromatic rings. The van der Waals surface area contributed by atoms with Crippen molar-refractivity contribution in [3.05, 3.63) is 58.7 Å². The first kappa shape index (κ1) is 15.7. The predicted molar refractivity (Wildman–Crippen MR) is 91.0 cm³/mol. The van der Waals surface area contributed by atoms with Gasteiger partial charge in [-0.15, -0.1) is 5.10 Å². The number of rotatable bonds is 3. The van der Waals surface area contributed by atoms with Gasteiger partial charge < -0.3 is 10.4 Å². The van der Waals surface area contributed by atoms with E-state index in [4.69, 9.17) is 0 Å². The first-order chi connectivity index (χ1) is 12.0. The minimum absolute atomic E-state index is 0.0488. The average molecular weight is 337 g/mol. The van der Waals surface area contributed by atoms with E-state index in [0.717, 1.165) is 22.5 Å². The van der Waals surface area contributed by atoms with Crippen LogP contribution in [0.2, 0.25) is 0 Å². The zero-order chi connectivity index (χ0) is 17.6. The number of hydrogen-bond donors (Lipinski definition) is 2. The highest BCUT2D eigenvalue weighted by atomic mass is 16.3. The Balaban J connectivity index is 1.52. The van der Waals surface area contributed by atoms with Gasteiger partial charge in [-0.3, -0.25) is 4.79 Å². The van der Waals surface area contributed by atoms with E-state index >= 15 is 0 Å². The Morgan fingerprint density at radius 1 is 1.32 bits per heavy atom. The van der Waals surface area contributed by atoms with Crippen LogP contribution < -0.4 is 5.32 Å². The van der Waals surface area contributed by atoms with Crippen LogP contribution >= 0.6 is 0 Å². The van der Waals surface area contributed by atoms with E-state index < -0.39 is 6.10 Å². The monoisotopic (exact) mass is 337 g/mol. The molecule has 0 spiro atoms. The second kappa shape index (κ2) is 5.93. The van der Waals surface area contributed by atoms with Crippen LogP contribution in [-0.4, -0.2) is 36.7 Å². The van der Waals surface area contributed by atoms with Crippen LogP contribution in [0.3, 0.4) is 0 Å². The molecule has 128 valence electrons. The van der Waals surface area contributed by atoms with Crippen LogP contribution in [0.5, 0.6) is 0 Å². The zero-order valence-electron chi connectivity index (χ0n) is 14.1. The van der Waals surface area contributed by atoms with Gasteiger partial charge in [0.05, 0.1) is 18.6 Å². The summed E-state index contributed by atoms with van der Waals surface area (Å²) < 4.78 is 1.63. The molecule has 2 aromatic heterocycles. The molecule has 1 amide bonds. The van der Waals surface area contributed by atoms with Gasteiger partial charge in [0, 0.05) is 17.8 Å². The summed E-state index contributed by atoms with van der Waals surface area (Å²) in [5.74, 6) is 0.692. The van der Waals surface area contributed by atoms with Crippen molar-refractivity contribution in [2.45, 2.75) is 38.8 Å². The lowest BCUT2D eigenvalue weighted by molar-refractivity contribution is -0.122. The summed E-state index contributed by atoms with van der Waals surface area (Å²) in [4.78, 5) is 21.1. The lowest BCUT2D eigenvalue weighted by atomic mass is 10.1. The Labute approximate surface area is 144 Å². The zero-order valence-corrected chi connectivity index (χ0v) is 14.1. The third kappa shape index (κ3) is 2.87. The van der Waals surface area contributed by atoms with Gasteiger partial charge in [0.25, 0.3) is 5.78 Å². The summed E-state index contributed by atoms with van der Waals surface area (Å²) in [6, 6.07) is 9.30. The van der Waals surface area contributed by atoms with E-state index in [1.54, 1.807) is 4.52 Å². The number of hydrogen-bond acceptors (Lipinski definition) is 5. The van der Waals surface area contributed by atoms with Gasteiger partial charge in [-0.2, -0.15) is 4.98 Å². The number of aliphatic hydroxyl groups excluding tert-OH is 1. The maximum absolute atomic E-state index is 12.4. The number of aliphatic hydroxyl groups is 1. The van der Waals surface area contributed by atoms with E-state index in [1.165, 1.54) is 0 Å². The van der Waals surface area contributed by atoms with E-state index in [-0.39, 0.29) is 18.4 Å². The first-order valence-electron chi connectivity index (χ1n) is 8.26. The summed E-state index contributed by atoms with van der Waals surface area (Å²) >= 11 is 0. The quantitative estimate of drug-likeness (QED) is 0.745. The Morgan fingerprint density at radius 2 is 2.12 bits per heavy atom. The normalized spacial score (nSPS) is 19.2. The SMILES string of the molecule is Cc1cc(C)n2nc(CC(=O)NC3c4ccccc4CC3O)nc2n1. The molecule has 1 aromatic carbocycles. The number of aromatic nitrogens is 4. The fourth-order valence-electron chi connectivity index (χ4n) is 3.40. The minimum Gasteiger partial charge on any atom is -0.390 e. The number of amides is 1. The molecule has 25 heavy (non-hydrogen) atoms. The summed E-state index contributed by atoms with van der Waals surface area (Å²) in [5, 5.41) is 17.5. The second-order valence-corrected chi connectivity index (χ2v) is 6.47. The van der Waals surface area contributed by atoms with Crippen LogP contribution in [0.25, 0.3) is 5.78 Å². The molecule has 2 unspecified atom stereocenters. The molecule has 0 saturated carbocycles. The largest absolute Gasteiger partial charge is 0.390 e. The molecule has 2 atom stereocenters. The van der Waals surface area contributed by atoms with Crippen LogP contribution in [0.4, 0.5) is 0 Å². The van der Waals surface area contributed by atoms with E-state index in [9.17, 15) is 9.90 Å². The van der Waals surface area contributed by atoms with Gasteiger partial charge in [-0.05, 0) is 31.0 Å². The lowest BCUT2D eigenvalue weighted by Gasteiger charge is -2.17. The molecule has 1 aliphatic rings. The van der Waals surface area contributed by atoms with Crippen molar-refractivity contribution >= 4 is 11.7 Å². The molecule has 0 aliphatic heterocycles. The summed E-state index contributed by atoms with van der Waals surface area (Å²) in [5.41, 5.74) is 3.82. The molecular formula is C18H19N5O2.